The zero-order valence-corrected chi connectivity index (χ0v) is 10.2. The van der Waals surface area contributed by atoms with E-state index in [1.807, 2.05) is 0 Å². The van der Waals surface area contributed by atoms with Crippen LogP contribution < -0.4 is 0 Å². The van der Waals surface area contributed by atoms with Crippen LogP contribution in [0.2, 0.25) is 0 Å². The highest BCUT2D eigenvalue weighted by atomic mass is 16.6. The topological polar surface area (TPSA) is 55.5 Å². The third kappa shape index (κ3) is 5.83. The molecule has 0 aromatic carbocycles. The first kappa shape index (κ1) is 13.1. The van der Waals surface area contributed by atoms with Crippen LogP contribution in [0.15, 0.2) is 4.99 Å². The summed E-state index contributed by atoms with van der Waals surface area (Å²) >= 11 is 0. The summed E-state index contributed by atoms with van der Waals surface area (Å²) in [6, 6.07) is 0. The molecule has 92 valence electrons. The summed E-state index contributed by atoms with van der Waals surface area (Å²) < 4.78 is 0. The molecule has 0 saturated heterocycles. The van der Waals surface area contributed by atoms with Crippen molar-refractivity contribution in [2.24, 2.45) is 10.9 Å². The number of nitrogens with zero attached hydrogens (tertiary/aromatic N) is 2. The highest BCUT2D eigenvalue weighted by molar-refractivity contribution is 5.82. The van der Waals surface area contributed by atoms with Crippen LogP contribution in [0.4, 0.5) is 0 Å². The van der Waals surface area contributed by atoms with Gasteiger partial charge in [-0.25, -0.2) is 0 Å². The van der Waals surface area contributed by atoms with E-state index >= 15 is 0 Å². The van der Waals surface area contributed by atoms with Gasteiger partial charge < -0.3 is 0 Å². The lowest BCUT2D eigenvalue weighted by molar-refractivity contribution is -0.463. The first-order valence-corrected chi connectivity index (χ1v) is 6.30. The molecule has 1 saturated carbocycles. The van der Waals surface area contributed by atoms with Gasteiger partial charge in [-0.15, -0.1) is 0 Å². The second kappa shape index (κ2) is 7.36. The molecular formula is C12H22N2O2. The molecule has 1 rings (SSSR count). The fourth-order valence-electron chi connectivity index (χ4n) is 2.36. The van der Waals surface area contributed by atoms with Gasteiger partial charge in [-0.2, -0.15) is 0 Å². The molecule has 1 aliphatic carbocycles. The van der Waals surface area contributed by atoms with Crippen molar-refractivity contribution in [1.82, 2.24) is 0 Å². The molecule has 0 bridgehead atoms. The van der Waals surface area contributed by atoms with E-state index in [-0.39, 0.29) is 11.5 Å². The number of rotatable bonds is 6. The van der Waals surface area contributed by atoms with Crippen molar-refractivity contribution in [3.8, 4) is 0 Å². The predicted molar refractivity (Wildman–Crippen MR) is 65.6 cm³/mol. The Bertz CT molecular complexity index is 245. The standard InChI is InChI=1S/C12H22N2O2/c1-11(10-14(15)16)13-9-5-8-12-6-3-2-4-7-12/h12H,2-10H2,1H3. The van der Waals surface area contributed by atoms with Gasteiger partial charge in [0.05, 0.1) is 5.71 Å². The van der Waals surface area contributed by atoms with Crippen molar-refractivity contribution in [1.29, 1.82) is 0 Å². The lowest BCUT2D eigenvalue weighted by atomic mass is 9.86. The second-order valence-corrected chi connectivity index (χ2v) is 4.75. The van der Waals surface area contributed by atoms with Crippen molar-refractivity contribution in [2.75, 3.05) is 13.1 Å². The summed E-state index contributed by atoms with van der Waals surface area (Å²) in [5.41, 5.74) is 0.647. The Labute approximate surface area is 97.3 Å². The molecule has 0 heterocycles. The minimum absolute atomic E-state index is 0.108. The third-order valence-electron chi connectivity index (χ3n) is 3.23. The summed E-state index contributed by atoms with van der Waals surface area (Å²) in [4.78, 5) is 14.1. The molecule has 0 aromatic rings. The smallest absolute Gasteiger partial charge is 0.241 e. The molecule has 0 aliphatic heterocycles. The van der Waals surface area contributed by atoms with Crippen molar-refractivity contribution >= 4 is 5.71 Å². The quantitative estimate of drug-likeness (QED) is 0.302. The largest absolute Gasteiger partial charge is 0.288 e. The van der Waals surface area contributed by atoms with E-state index in [0.717, 1.165) is 18.9 Å². The van der Waals surface area contributed by atoms with Crippen LogP contribution in [-0.2, 0) is 0 Å². The minimum Gasteiger partial charge on any atom is -0.288 e. The Morgan fingerprint density at radius 2 is 2.06 bits per heavy atom. The fourth-order valence-corrected chi connectivity index (χ4v) is 2.36. The van der Waals surface area contributed by atoms with E-state index in [2.05, 4.69) is 4.99 Å². The van der Waals surface area contributed by atoms with Crippen LogP contribution in [0.1, 0.15) is 51.9 Å². The molecule has 4 nitrogen and oxygen atoms in total. The first-order chi connectivity index (χ1) is 7.68. The molecule has 0 amide bonds. The highest BCUT2D eigenvalue weighted by Crippen LogP contribution is 2.27. The monoisotopic (exact) mass is 226 g/mol. The van der Waals surface area contributed by atoms with Crippen LogP contribution in [-0.4, -0.2) is 23.7 Å². The minimum atomic E-state index is -0.319. The maximum atomic E-state index is 10.2. The summed E-state index contributed by atoms with van der Waals surface area (Å²) in [5, 5.41) is 10.2. The summed E-state index contributed by atoms with van der Waals surface area (Å²) in [7, 11) is 0. The Morgan fingerprint density at radius 3 is 2.69 bits per heavy atom. The molecule has 1 fully saturated rings. The van der Waals surface area contributed by atoms with Crippen LogP contribution in [0, 0.1) is 16.0 Å². The molecule has 4 heteroatoms. The molecule has 0 N–H and O–H groups in total. The normalized spacial score (nSPS) is 18.7. The van der Waals surface area contributed by atoms with Crippen molar-refractivity contribution in [3.05, 3.63) is 10.1 Å². The zero-order chi connectivity index (χ0) is 11.8. The van der Waals surface area contributed by atoms with Gasteiger partial charge in [-0.1, -0.05) is 32.1 Å². The Morgan fingerprint density at radius 1 is 1.38 bits per heavy atom. The average molecular weight is 226 g/mol. The SMILES string of the molecule is CC(C[N+](=O)[O-])=NCCCC1CCCCC1. The number of hydrogen-bond acceptors (Lipinski definition) is 3. The molecule has 1 aliphatic rings. The molecular weight excluding hydrogens is 204 g/mol. The van der Waals surface area contributed by atoms with Gasteiger partial charge in [-0.3, -0.25) is 15.1 Å². The maximum absolute atomic E-state index is 10.2. The number of nitro groups is 1. The second-order valence-electron chi connectivity index (χ2n) is 4.75. The molecule has 0 aromatic heterocycles. The van der Waals surface area contributed by atoms with E-state index < -0.39 is 0 Å². The number of hydrogen-bond donors (Lipinski definition) is 0. The Balaban J connectivity index is 2.07. The Kier molecular flexibility index (Phi) is 6.04. The number of aliphatic imine (C=N–C) groups is 1. The van der Waals surface area contributed by atoms with Gasteiger partial charge >= 0.3 is 0 Å². The lowest BCUT2D eigenvalue weighted by Gasteiger charge is -2.20. The summed E-state index contributed by atoms with van der Waals surface area (Å²) in [6.45, 7) is 2.39. The van der Waals surface area contributed by atoms with Gasteiger partial charge in [0.2, 0.25) is 6.54 Å². The predicted octanol–water partition coefficient (Wildman–Crippen LogP) is 3.08. The highest BCUT2D eigenvalue weighted by Gasteiger charge is 2.12. The van der Waals surface area contributed by atoms with Crippen LogP contribution in [0.25, 0.3) is 0 Å². The molecule has 16 heavy (non-hydrogen) atoms. The summed E-state index contributed by atoms with van der Waals surface area (Å²) in [5.74, 6) is 0.889. The fraction of sp³-hybridized carbons (Fsp3) is 0.917. The van der Waals surface area contributed by atoms with Gasteiger partial charge in [0.1, 0.15) is 0 Å². The maximum Gasteiger partial charge on any atom is 0.241 e. The molecule has 0 atom stereocenters. The van der Waals surface area contributed by atoms with Gasteiger partial charge in [0, 0.05) is 11.5 Å². The molecule has 0 radical (unpaired) electrons. The van der Waals surface area contributed by atoms with Crippen LogP contribution >= 0.6 is 0 Å². The van der Waals surface area contributed by atoms with E-state index in [0.29, 0.717) is 5.71 Å². The first-order valence-electron chi connectivity index (χ1n) is 6.30. The van der Waals surface area contributed by atoms with Gasteiger partial charge in [0.15, 0.2) is 0 Å². The van der Waals surface area contributed by atoms with E-state index in [9.17, 15) is 10.1 Å². The van der Waals surface area contributed by atoms with Crippen molar-refractivity contribution in [3.63, 3.8) is 0 Å². The zero-order valence-electron chi connectivity index (χ0n) is 10.2. The molecule has 0 spiro atoms. The lowest BCUT2D eigenvalue weighted by Crippen LogP contribution is -2.11. The van der Waals surface area contributed by atoms with Crippen molar-refractivity contribution in [2.45, 2.75) is 51.9 Å². The summed E-state index contributed by atoms with van der Waals surface area (Å²) in [6.07, 6.45) is 9.24. The van der Waals surface area contributed by atoms with E-state index in [1.54, 1.807) is 6.92 Å². The third-order valence-corrected chi connectivity index (χ3v) is 3.23. The van der Waals surface area contributed by atoms with Crippen LogP contribution in [0.3, 0.4) is 0 Å². The van der Waals surface area contributed by atoms with E-state index in [4.69, 9.17) is 0 Å². The van der Waals surface area contributed by atoms with Gasteiger partial charge in [-0.05, 0) is 25.7 Å². The van der Waals surface area contributed by atoms with E-state index in [1.165, 1.54) is 38.5 Å². The average Bonchev–Trinajstić information content (AvgIpc) is 2.25. The molecule has 0 unspecified atom stereocenters. The van der Waals surface area contributed by atoms with Crippen molar-refractivity contribution < 1.29 is 4.92 Å². The van der Waals surface area contributed by atoms with Gasteiger partial charge in [0.25, 0.3) is 0 Å². The Hall–Kier alpha value is -0.930. The van der Waals surface area contributed by atoms with Crippen LogP contribution in [0.5, 0.6) is 0 Å².